The van der Waals surface area contributed by atoms with Gasteiger partial charge in [0, 0.05) is 15.4 Å². The molecule has 2 nitrogen and oxygen atoms in total. The van der Waals surface area contributed by atoms with E-state index in [-0.39, 0.29) is 5.41 Å². The molecule has 0 amide bonds. The Morgan fingerprint density at radius 2 is 1.82 bits per heavy atom. The number of halogens is 1. The third kappa shape index (κ3) is 2.29. The van der Waals surface area contributed by atoms with E-state index >= 15 is 0 Å². The van der Waals surface area contributed by atoms with E-state index in [0.717, 1.165) is 26.5 Å². The highest BCUT2D eigenvalue weighted by atomic mass is 79.9. The fraction of sp³-hybridized carbons (Fsp3) is 0.357. The molecular weight excluding hydrogens is 276 g/mol. The van der Waals surface area contributed by atoms with Gasteiger partial charge in [0.05, 0.1) is 5.52 Å². The SMILES string of the molecule is Cc1cc(Br)cc2cc(C(C)(C)C)c(N)nc12. The molecule has 0 spiro atoms. The monoisotopic (exact) mass is 292 g/mol. The van der Waals surface area contributed by atoms with Crippen molar-refractivity contribution in [3.63, 3.8) is 0 Å². The first-order valence-electron chi connectivity index (χ1n) is 5.66. The number of fused-ring (bicyclic) bond motifs is 1. The summed E-state index contributed by atoms with van der Waals surface area (Å²) in [5.41, 5.74) is 9.30. The molecule has 0 radical (unpaired) electrons. The van der Waals surface area contributed by atoms with Crippen LogP contribution in [0.4, 0.5) is 5.82 Å². The lowest BCUT2D eigenvalue weighted by Gasteiger charge is -2.21. The molecule has 0 atom stereocenters. The number of pyridine rings is 1. The average Bonchev–Trinajstić information content (AvgIpc) is 2.16. The van der Waals surface area contributed by atoms with Crippen molar-refractivity contribution in [2.45, 2.75) is 33.1 Å². The fourth-order valence-corrected chi connectivity index (χ4v) is 2.63. The minimum Gasteiger partial charge on any atom is -0.383 e. The van der Waals surface area contributed by atoms with Gasteiger partial charge in [0.15, 0.2) is 0 Å². The van der Waals surface area contributed by atoms with Gasteiger partial charge in [0.2, 0.25) is 0 Å². The summed E-state index contributed by atoms with van der Waals surface area (Å²) in [6, 6.07) is 6.30. The Bertz CT molecular complexity index is 583. The summed E-state index contributed by atoms with van der Waals surface area (Å²) in [6.07, 6.45) is 0. The topological polar surface area (TPSA) is 38.9 Å². The van der Waals surface area contributed by atoms with E-state index in [4.69, 9.17) is 5.73 Å². The molecule has 1 aromatic heterocycles. The molecular formula is C14H17BrN2. The van der Waals surface area contributed by atoms with Gasteiger partial charge in [-0.1, -0.05) is 36.7 Å². The largest absolute Gasteiger partial charge is 0.383 e. The van der Waals surface area contributed by atoms with Crippen LogP contribution in [0.5, 0.6) is 0 Å². The van der Waals surface area contributed by atoms with Crippen LogP contribution < -0.4 is 5.73 Å². The van der Waals surface area contributed by atoms with Crippen molar-refractivity contribution in [1.29, 1.82) is 0 Å². The van der Waals surface area contributed by atoms with Gasteiger partial charge < -0.3 is 5.73 Å². The summed E-state index contributed by atoms with van der Waals surface area (Å²) in [6.45, 7) is 8.50. The van der Waals surface area contributed by atoms with Gasteiger partial charge in [-0.2, -0.15) is 0 Å². The highest BCUT2D eigenvalue weighted by Gasteiger charge is 2.19. The molecule has 17 heavy (non-hydrogen) atoms. The molecule has 0 aliphatic rings. The number of hydrogen-bond donors (Lipinski definition) is 1. The maximum atomic E-state index is 6.06. The molecule has 1 aromatic carbocycles. The van der Waals surface area contributed by atoms with Crippen molar-refractivity contribution in [2.24, 2.45) is 0 Å². The summed E-state index contributed by atoms with van der Waals surface area (Å²) in [5.74, 6) is 0.635. The van der Waals surface area contributed by atoms with Gasteiger partial charge in [-0.25, -0.2) is 4.98 Å². The second kappa shape index (κ2) is 3.98. The van der Waals surface area contributed by atoms with Crippen LogP contribution in [-0.4, -0.2) is 4.98 Å². The first-order chi connectivity index (χ1) is 7.79. The van der Waals surface area contributed by atoms with Crippen molar-refractivity contribution in [2.75, 3.05) is 5.73 Å². The van der Waals surface area contributed by atoms with Crippen LogP contribution in [0.3, 0.4) is 0 Å². The fourth-order valence-electron chi connectivity index (χ4n) is 2.04. The molecule has 2 N–H and O–H groups in total. The second-order valence-corrected chi connectivity index (χ2v) is 6.38. The number of nitrogens with zero attached hydrogens (tertiary/aromatic N) is 1. The average molecular weight is 293 g/mol. The zero-order valence-electron chi connectivity index (χ0n) is 10.6. The summed E-state index contributed by atoms with van der Waals surface area (Å²) in [7, 11) is 0. The van der Waals surface area contributed by atoms with Crippen molar-refractivity contribution < 1.29 is 0 Å². The molecule has 0 unspecified atom stereocenters. The van der Waals surface area contributed by atoms with E-state index < -0.39 is 0 Å². The van der Waals surface area contributed by atoms with Gasteiger partial charge in [-0.05, 0) is 36.1 Å². The van der Waals surface area contributed by atoms with Crippen LogP contribution in [0.1, 0.15) is 31.9 Å². The van der Waals surface area contributed by atoms with E-state index in [9.17, 15) is 0 Å². The molecule has 0 aliphatic carbocycles. The minimum atomic E-state index is 0.0154. The Morgan fingerprint density at radius 3 is 2.41 bits per heavy atom. The number of nitrogen functional groups attached to an aromatic ring is 1. The van der Waals surface area contributed by atoms with E-state index in [1.54, 1.807) is 0 Å². The Labute approximate surface area is 110 Å². The van der Waals surface area contributed by atoms with Crippen molar-refractivity contribution >= 4 is 32.7 Å². The van der Waals surface area contributed by atoms with Crippen molar-refractivity contribution in [3.8, 4) is 0 Å². The summed E-state index contributed by atoms with van der Waals surface area (Å²) in [5, 5.41) is 1.14. The molecule has 3 heteroatoms. The van der Waals surface area contributed by atoms with E-state index in [1.165, 1.54) is 0 Å². The lowest BCUT2D eigenvalue weighted by molar-refractivity contribution is 0.591. The third-order valence-electron chi connectivity index (χ3n) is 2.91. The van der Waals surface area contributed by atoms with Gasteiger partial charge in [0.1, 0.15) is 5.82 Å². The zero-order chi connectivity index (χ0) is 12.8. The lowest BCUT2D eigenvalue weighted by atomic mass is 9.86. The van der Waals surface area contributed by atoms with E-state index in [2.05, 4.69) is 66.8 Å². The molecule has 0 bridgehead atoms. The summed E-state index contributed by atoms with van der Waals surface area (Å²) in [4.78, 5) is 4.54. The number of benzene rings is 1. The number of anilines is 1. The molecule has 2 aromatic rings. The Balaban J connectivity index is 2.81. The first-order valence-corrected chi connectivity index (χ1v) is 6.45. The normalized spacial score (nSPS) is 12.1. The molecule has 1 heterocycles. The first kappa shape index (κ1) is 12.4. The van der Waals surface area contributed by atoms with Crippen LogP contribution in [0.25, 0.3) is 10.9 Å². The molecule has 0 aliphatic heterocycles. The van der Waals surface area contributed by atoms with Crippen LogP contribution >= 0.6 is 15.9 Å². The van der Waals surface area contributed by atoms with Gasteiger partial charge >= 0.3 is 0 Å². The Morgan fingerprint density at radius 1 is 1.18 bits per heavy atom. The number of rotatable bonds is 0. The molecule has 0 fully saturated rings. The van der Waals surface area contributed by atoms with Crippen LogP contribution in [0, 0.1) is 6.92 Å². The lowest BCUT2D eigenvalue weighted by Crippen LogP contribution is -2.15. The number of hydrogen-bond acceptors (Lipinski definition) is 2. The zero-order valence-corrected chi connectivity index (χ0v) is 12.2. The second-order valence-electron chi connectivity index (χ2n) is 5.47. The predicted molar refractivity (Wildman–Crippen MR) is 77.3 cm³/mol. The molecule has 2 rings (SSSR count). The van der Waals surface area contributed by atoms with Crippen molar-refractivity contribution in [3.05, 3.63) is 33.8 Å². The molecule has 90 valence electrons. The van der Waals surface area contributed by atoms with Crippen LogP contribution in [-0.2, 0) is 5.41 Å². The maximum Gasteiger partial charge on any atom is 0.127 e. The summed E-state index contributed by atoms with van der Waals surface area (Å²) < 4.78 is 1.08. The van der Waals surface area contributed by atoms with E-state index in [0.29, 0.717) is 5.82 Å². The Kier molecular flexibility index (Phi) is 2.90. The maximum absolute atomic E-state index is 6.06. The Hall–Kier alpha value is -1.09. The summed E-state index contributed by atoms with van der Waals surface area (Å²) >= 11 is 3.52. The molecule has 0 saturated carbocycles. The third-order valence-corrected chi connectivity index (χ3v) is 3.37. The highest BCUT2D eigenvalue weighted by Crippen LogP contribution is 2.31. The van der Waals surface area contributed by atoms with Crippen LogP contribution in [0.15, 0.2) is 22.7 Å². The van der Waals surface area contributed by atoms with Crippen LogP contribution in [0.2, 0.25) is 0 Å². The number of nitrogens with two attached hydrogens (primary N) is 1. The van der Waals surface area contributed by atoms with Gasteiger partial charge in [-0.15, -0.1) is 0 Å². The highest BCUT2D eigenvalue weighted by molar-refractivity contribution is 9.10. The number of aromatic nitrogens is 1. The molecule has 0 saturated heterocycles. The smallest absolute Gasteiger partial charge is 0.127 e. The van der Waals surface area contributed by atoms with E-state index in [1.807, 2.05) is 0 Å². The predicted octanol–water partition coefficient (Wildman–Crippen LogP) is 4.19. The van der Waals surface area contributed by atoms with Gasteiger partial charge in [0.25, 0.3) is 0 Å². The number of aryl methyl sites for hydroxylation is 1. The quantitative estimate of drug-likeness (QED) is 0.791. The van der Waals surface area contributed by atoms with Crippen molar-refractivity contribution in [1.82, 2.24) is 4.98 Å². The standard InChI is InChI=1S/C14H17BrN2/c1-8-5-10(15)6-9-7-11(14(2,3)4)13(16)17-12(8)9/h5-7H,1-4H3,(H2,16,17). The minimum absolute atomic E-state index is 0.0154. The van der Waals surface area contributed by atoms with Gasteiger partial charge in [-0.3, -0.25) is 0 Å².